The second-order valence-electron chi connectivity index (χ2n) is 10.4. The molecule has 2 nitrogen and oxygen atoms in total. The lowest BCUT2D eigenvalue weighted by Gasteiger charge is -2.15. The molecule has 0 aliphatic rings. The van der Waals surface area contributed by atoms with Gasteiger partial charge >= 0.3 is 0 Å². The molecule has 8 aromatic rings. The number of aryl methyl sites for hydroxylation is 2. The third kappa shape index (κ3) is 3.40. The summed E-state index contributed by atoms with van der Waals surface area (Å²) in [4.78, 5) is 9.39. The molecule has 3 heteroatoms. The standard InChI is InChI=1S/C36H24N2S/c1-21-18-30(24-12-14-34-32(20-24)26-8-5-6-10-33(26)39-34)22(2)17-29(21)23-11-13-28-31(19-23)25-7-3-4-9-27(25)35-36(28)38-16-15-37-35/h3-20H,1-2H3. The van der Waals surface area contributed by atoms with E-state index in [0.717, 1.165) is 21.8 Å². The van der Waals surface area contributed by atoms with E-state index in [-0.39, 0.29) is 0 Å². The predicted molar refractivity (Wildman–Crippen MR) is 168 cm³/mol. The van der Waals surface area contributed by atoms with Gasteiger partial charge in [-0.1, -0.05) is 72.8 Å². The Bertz CT molecular complexity index is 2220. The molecule has 2 aromatic heterocycles. The molecule has 0 radical (unpaired) electrons. The van der Waals surface area contributed by atoms with Gasteiger partial charge in [-0.15, -0.1) is 11.3 Å². The lowest BCUT2D eigenvalue weighted by Crippen LogP contribution is -1.92. The zero-order valence-electron chi connectivity index (χ0n) is 21.7. The van der Waals surface area contributed by atoms with Crippen molar-refractivity contribution in [1.82, 2.24) is 9.97 Å². The Morgan fingerprint density at radius 2 is 1.00 bits per heavy atom. The molecule has 0 aliphatic carbocycles. The maximum Gasteiger partial charge on any atom is 0.0971 e. The van der Waals surface area contributed by atoms with Crippen LogP contribution in [-0.4, -0.2) is 9.97 Å². The molecule has 0 saturated heterocycles. The van der Waals surface area contributed by atoms with E-state index in [1.807, 2.05) is 11.3 Å². The molecule has 0 atom stereocenters. The molecule has 2 heterocycles. The number of hydrogen-bond donors (Lipinski definition) is 0. The van der Waals surface area contributed by atoms with Crippen LogP contribution in [0, 0.1) is 13.8 Å². The van der Waals surface area contributed by atoms with Gasteiger partial charge in [0, 0.05) is 43.3 Å². The Labute approximate surface area is 230 Å². The molecule has 0 N–H and O–H groups in total. The molecule has 0 spiro atoms. The number of nitrogens with zero attached hydrogens (tertiary/aromatic N) is 2. The second-order valence-corrected chi connectivity index (χ2v) is 11.4. The first-order valence-corrected chi connectivity index (χ1v) is 14.1. The van der Waals surface area contributed by atoms with E-state index >= 15 is 0 Å². The normalized spacial score (nSPS) is 11.8. The number of hydrogen-bond acceptors (Lipinski definition) is 3. The van der Waals surface area contributed by atoms with E-state index in [1.54, 1.807) is 12.4 Å². The van der Waals surface area contributed by atoms with E-state index in [1.165, 1.54) is 64.3 Å². The van der Waals surface area contributed by atoms with Gasteiger partial charge in [0.2, 0.25) is 0 Å². The highest BCUT2D eigenvalue weighted by molar-refractivity contribution is 7.25. The summed E-state index contributed by atoms with van der Waals surface area (Å²) in [6.45, 7) is 4.46. The summed E-state index contributed by atoms with van der Waals surface area (Å²) in [6.07, 6.45) is 3.56. The quantitative estimate of drug-likeness (QED) is 0.214. The summed E-state index contributed by atoms with van der Waals surface area (Å²) in [5, 5.41) is 7.39. The van der Waals surface area contributed by atoms with Crippen molar-refractivity contribution in [3.05, 3.63) is 121 Å². The highest BCUT2D eigenvalue weighted by Gasteiger charge is 2.14. The summed E-state index contributed by atoms with van der Waals surface area (Å²) < 4.78 is 2.68. The Morgan fingerprint density at radius 1 is 0.462 bits per heavy atom. The number of fused-ring (bicyclic) bond motifs is 9. The van der Waals surface area contributed by atoms with Crippen LogP contribution in [-0.2, 0) is 0 Å². The fraction of sp³-hybridized carbons (Fsp3) is 0.0556. The van der Waals surface area contributed by atoms with Gasteiger partial charge in [0.25, 0.3) is 0 Å². The van der Waals surface area contributed by atoms with E-state index in [4.69, 9.17) is 4.98 Å². The largest absolute Gasteiger partial charge is 0.252 e. The van der Waals surface area contributed by atoms with Gasteiger partial charge in [-0.2, -0.15) is 0 Å². The molecular weight excluding hydrogens is 492 g/mol. The molecule has 6 aromatic carbocycles. The highest BCUT2D eigenvalue weighted by atomic mass is 32.1. The summed E-state index contributed by atoms with van der Waals surface area (Å²) >= 11 is 1.87. The number of aromatic nitrogens is 2. The Hall–Kier alpha value is -4.60. The van der Waals surface area contributed by atoms with Crippen LogP contribution in [0.25, 0.3) is 75.0 Å². The predicted octanol–water partition coefficient (Wildman–Crippen LogP) is 10.3. The van der Waals surface area contributed by atoms with Gasteiger partial charge in [-0.25, -0.2) is 0 Å². The minimum Gasteiger partial charge on any atom is -0.252 e. The third-order valence-electron chi connectivity index (χ3n) is 8.02. The van der Waals surface area contributed by atoms with Crippen LogP contribution in [0.1, 0.15) is 11.1 Å². The fourth-order valence-corrected chi connectivity index (χ4v) is 7.22. The lowest BCUT2D eigenvalue weighted by atomic mass is 9.90. The van der Waals surface area contributed by atoms with Crippen LogP contribution >= 0.6 is 11.3 Å². The van der Waals surface area contributed by atoms with Crippen LogP contribution in [0.2, 0.25) is 0 Å². The molecular formula is C36H24N2S. The van der Waals surface area contributed by atoms with Gasteiger partial charge in [0.1, 0.15) is 0 Å². The minimum absolute atomic E-state index is 0.956. The van der Waals surface area contributed by atoms with Crippen molar-refractivity contribution in [2.75, 3.05) is 0 Å². The van der Waals surface area contributed by atoms with Crippen LogP contribution in [0.4, 0.5) is 0 Å². The van der Waals surface area contributed by atoms with Gasteiger partial charge in [0.05, 0.1) is 11.0 Å². The Kier molecular flexibility index (Phi) is 4.85. The Morgan fingerprint density at radius 3 is 1.72 bits per heavy atom. The first kappa shape index (κ1) is 22.4. The van der Waals surface area contributed by atoms with E-state index < -0.39 is 0 Å². The molecule has 39 heavy (non-hydrogen) atoms. The molecule has 0 unspecified atom stereocenters. The molecule has 0 fully saturated rings. The average Bonchev–Trinajstić information content (AvgIpc) is 3.36. The topological polar surface area (TPSA) is 25.8 Å². The first-order chi connectivity index (χ1) is 19.2. The van der Waals surface area contributed by atoms with Crippen molar-refractivity contribution >= 4 is 64.1 Å². The number of thiophene rings is 1. The summed E-state index contributed by atoms with van der Waals surface area (Å²) in [5.74, 6) is 0. The van der Waals surface area contributed by atoms with E-state index in [9.17, 15) is 0 Å². The van der Waals surface area contributed by atoms with Crippen LogP contribution in [0.3, 0.4) is 0 Å². The van der Waals surface area contributed by atoms with Crippen molar-refractivity contribution in [3.63, 3.8) is 0 Å². The van der Waals surface area contributed by atoms with Gasteiger partial charge in [0.15, 0.2) is 0 Å². The highest BCUT2D eigenvalue weighted by Crippen LogP contribution is 2.40. The molecule has 0 saturated carbocycles. The molecule has 0 aliphatic heterocycles. The maximum absolute atomic E-state index is 4.71. The van der Waals surface area contributed by atoms with Crippen LogP contribution in [0.15, 0.2) is 109 Å². The smallest absolute Gasteiger partial charge is 0.0971 e. The van der Waals surface area contributed by atoms with Gasteiger partial charge < -0.3 is 0 Å². The number of rotatable bonds is 2. The summed E-state index contributed by atoms with van der Waals surface area (Å²) in [5.41, 5.74) is 9.52. The maximum atomic E-state index is 4.71. The zero-order valence-corrected chi connectivity index (χ0v) is 22.5. The number of benzene rings is 6. The molecule has 0 bridgehead atoms. The van der Waals surface area contributed by atoms with Crippen LogP contribution in [0.5, 0.6) is 0 Å². The van der Waals surface area contributed by atoms with E-state index in [2.05, 4.69) is 116 Å². The molecule has 0 amide bonds. The van der Waals surface area contributed by atoms with Crippen molar-refractivity contribution < 1.29 is 0 Å². The lowest BCUT2D eigenvalue weighted by molar-refractivity contribution is 1.31. The zero-order chi connectivity index (χ0) is 26.1. The van der Waals surface area contributed by atoms with E-state index in [0.29, 0.717) is 0 Å². The van der Waals surface area contributed by atoms with Crippen LogP contribution < -0.4 is 0 Å². The second kappa shape index (κ2) is 8.45. The Balaban J connectivity index is 1.30. The van der Waals surface area contributed by atoms with Crippen molar-refractivity contribution in [2.24, 2.45) is 0 Å². The van der Waals surface area contributed by atoms with Crippen molar-refractivity contribution in [3.8, 4) is 22.3 Å². The first-order valence-electron chi connectivity index (χ1n) is 13.2. The monoisotopic (exact) mass is 516 g/mol. The third-order valence-corrected chi connectivity index (χ3v) is 9.17. The SMILES string of the molecule is Cc1cc(-c2ccc3c(c2)c2ccccc2c2nccnc32)c(C)cc1-c1ccc2sc3ccccc3c2c1. The molecule has 184 valence electrons. The van der Waals surface area contributed by atoms with Crippen molar-refractivity contribution in [2.45, 2.75) is 13.8 Å². The van der Waals surface area contributed by atoms with Gasteiger partial charge in [-0.05, 0) is 82.3 Å². The molecule has 8 rings (SSSR count). The minimum atomic E-state index is 0.956. The summed E-state index contributed by atoms with van der Waals surface area (Å²) in [6, 6.07) is 35.6. The fourth-order valence-electron chi connectivity index (χ4n) is 6.13. The summed E-state index contributed by atoms with van der Waals surface area (Å²) in [7, 11) is 0. The van der Waals surface area contributed by atoms with Crippen molar-refractivity contribution in [1.29, 1.82) is 0 Å². The van der Waals surface area contributed by atoms with Gasteiger partial charge in [-0.3, -0.25) is 9.97 Å². The average molecular weight is 517 g/mol.